The molecule has 0 aliphatic rings. The molecule has 23 nitrogen and oxygen atoms in total. The fraction of sp³-hybridized carbons (Fsp3) is 0.532. The number of aromatic nitrogens is 1. The lowest BCUT2D eigenvalue weighted by Gasteiger charge is -2.30. The summed E-state index contributed by atoms with van der Waals surface area (Å²) in [6, 6.07) is 14.2. The first kappa shape index (κ1) is 69.8. The highest BCUT2D eigenvalue weighted by Crippen LogP contribution is 2.21. The van der Waals surface area contributed by atoms with Crippen LogP contribution in [0.25, 0.3) is 10.9 Å². The molecule has 0 aliphatic heterocycles. The summed E-state index contributed by atoms with van der Waals surface area (Å²) in [6.45, 7) is 11.4. The van der Waals surface area contributed by atoms with E-state index in [9.17, 15) is 48.3 Å². The van der Waals surface area contributed by atoms with Gasteiger partial charge in [0.2, 0.25) is 47.3 Å². The monoisotopic (exact) mass is 1180 g/mol. The summed E-state index contributed by atoms with van der Waals surface area (Å²) in [5, 5.41) is 33.0. The quantitative estimate of drug-likeness (QED) is 0.0285. The fourth-order valence-electron chi connectivity index (χ4n) is 9.70. The highest BCUT2D eigenvalue weighted by Gasteiger charge is 2.37. The van der Waals surface area contributed by atoms with Gasteiger partial charge in [-0.25, -0.2) is 4.79 Å². The molecule has 23 heteroatoms. The Hall–Kier alpha value is -7.73. The largest absolute Gasteiger partial charge is 0.480 e. The molecule has 4 aromatic rings. The summed E-state index contributed by atoms with van der Waals surface area (Å²) >= 11 is 0. The number of unbranched alkanes of at least 4 members (excludes halogenated alkanes) is 3. The number of nitrogens with two attached hydrogens (primary N) is 4. The number of nitrogens with one attached hydrogen (secondary N) is 9. The molecule has 0 fully saturated rings. The molecule has 8 amide bonds. The highest BCUT2D eigenvalue weighted by molar-refractivity contribution is 5.99. The number of fused-ring (bicyclic) bond motifs is 1. The first-order valence-electron chi connectivity index (χ1n) is 29.7. The van der Waals surface area contributed by atoms with Crippen LogP contribution >= 0.6 is 0 Å². The maximum absolute atomic E-state index is 14.9. The predicted molar refractivity (Wildman–Crippen MR) is 327 cm³/mol. The van der Waals surface area contributed by atoms with Crippen molar-refractivity contribution in [1.29, 1.82) is 0 Å². The van der Waals surface area contributed by atoms with Gasteiger partial charge in [0.25, 0.3) is 0 Å². The number of hydrogen-bond donors (Lipinski definition) is 14. The van der Waals surface area contributed by atoms with Crippen molar-refractivity contribution < 1.29 is 48.3 Å². The van der Waals surface area contributed by atoms with Crippen molar-refractivity contribution in [2.24, 2.45) is 40.7 Å². The van der Waals surface area contributed by atoms with Crippen molar-refractivity contribution in [1.82, 2.24) is 47.5 Å². The number of amides is 8. The topological polar surface area (TPSA) is 390 Å². The third-order valence-corrected chi connectivity index (χ3v) is 14.8. The number of hydrogen-bond acceptors (Lipinski definition) is 13. The molecule has 0 saturated heterocycles. The lowest BCUT2D eigenvalue weighted by molar-refractivity contribution is -0.142. The molecule has 0 unspecified atom stereocenters. The van der Waals surface area contributed by atoms with E-state index < -0.39 is 125 Å². The smallest absolute Gasteiger partial charge is 0.326 e. The van der Waals surface area contributed by atoms with Gasteiger partial charge in [0.1, 0.15) is 48.3 Å². The first-order chi connectivity index (χ1) is 40.6. The number of carbonyl (C=O) groups excluding carboxylic acids is 8. The Kier molecular flexibility index (Phi) is 29.7. The van der Waals surface area contributed by atoms with E-state index in [1.54, 1.807) is 108 Å². The zero-order valence-electron chi connectivity index (χ0n) is 50.1. The number of para-hydroxylation sites is 1. The second-order valence-electron chi connectivity index (χ2n) is 22.7. The Morgan fingerprint density at radius 1 is 0.412 bits per heavy atom. The van der Waals surface area contributed by atoms with Gasteiger partial charge in [-0.3, -0.25) is 38.4 Å². The van der Waals surface area contributed by atoms with Crippen molar-refractivity contribution in [3.63, 3.8) is 0 Å². The molecule has 1 aromatic heterocycles. The van der Waals surface area contributed by atoms with Gasteiger partial charge in [-0.15, -0.1) is 0 Å². The van der Waals surface area contributed by atoms with Gasteiger partial charge < -0.3 is 75.6 Å². The van der Waals surface area contributed by atoms with Crippen LogP contribution in [0.2, 0.25) is 0 Å². The van der Waals surface area contributed by atoms with Crippen LogP contribution < -0.4 is 65.5 Å². The van der Waals surface area contributed by atoms with Crippen LogP contribution in [0.15, 0.2) is 91.1 Å². The van der Waals surface area contributed by atoms with Crippen LogP contribution in [0, 0.1) is 17.8 Å². The average Bonchev–Trinajstić information content (AvgIpc) is 3.57. The van der Waals surface area contributed by atoms with Crippen LogP contribution in [0.4, 0.5) is 0 Å². The Balaban J connectivity index is 1.65. The number of carbonyl (C=O) groups is 9. The number of aliphatic carboxylic acids is 1. The minimum Gasteiger partial charge on any atom is -0.480 e. The van der Waals surface area contributed by atoms with E-state index in [4.69, 9.17) is 22.9 Å². The molecule has 9 atom stereocenters. The summed E-state index contributed by atoms with van der Waals surface area (Å²) < 4.78 is 0. The summed E-state index contributed by atoms with van der Waals surface area (Å²) in [4.78, 5) is 130. The van der Waals surface area contributed by atoms with Gasteiger partial charge in [-0.2, -0.15) is 0 Å². The average molecular weight is 1180 g/mol. The lowest BCUT2D eigenvalue weighted by Crippen LogP contribution is -2.62. The maximum atomic E-state index is 14.9. The van der Waals surface area contributed by atoms with Gasteiger partial charge in [0, 0.05) is 36.4 Å². The Morgan fingerprint density at radius 2 is 0.765 bits per heavy atom. The minimum atomic E-state index is -1.38. The van der Waals surface area contributed by atoms with Crippen LogP contribution in [-0.2, 0) is 62.4 Å². The lowest BCUT2D eigenvalue weighted by atomic mass is 9.97. The summed E-state index contributed by atoms with van der Waals surface area (Å²) in [5.74, 6) is -8.39. The van der Waals surface area contributed by atoms with E-state index in [2.05, 4.69) is 47.5 Å². The van der Waals surface area contributed by atoms with Crippen molar-refractivity contribution in [3.05, 3.63) is 108 Å². The fourth-order valence-corrected chi connectivity index (χ4v) is 9.70. The molecule has 0 radical (unpaired) electrons. The molecule has 0 bridgehead atoms. The highest BCUT2D eigenvalue weighted by atomic mass is 16.4. The second kappa shape index (κ2) is 36.2. The zero-order valence-corrected chi connectivity index (χ0v) is 50.1. The Morgan fingerprint density at radius 3 is 1.24 bits per heavy atom. The number of aromatic amines is 1. The normalized spacial score (nSPS) is 14.6. The summed E-state index contributed by atoms with van der Waals surface area (Å²) in [6.07, 6.45) is 5.28. The SMILES string of the molecule is CC(C)[C@H](NC(=O)[C@H](Cc1c[nH]c2ccccc12)NC(=O)[C@H](Cc1ccccc1)NC(=O)[C@@H](NC(=O)[C@@H](NC(=O)[C@@H](N)CCCCN)C(C)C)C(C)C)C(=O)N[C@@H](CCCCN)C(=O)N[C@@H](Cc1ccccc1)C(=O)N[C@@H](CCCCN)C(=O)O. The molecule has 4 rings (SSSR count). The number of H-pyrrole nitrogens is 1. The maximum Gasteiger partial charge on any atom is 0.326 e. The zero-order chi connectivity index (χ0) is 62.6. The van der Waals surface area contributed by atoms with E-state index in [-0.39, 0.29) is 38.6 Å². The molecular formula is C62H93N13O10. The number of rotatable bonds is 38. The standard InChI is InChI=1S/C62H93N13O10/c1-37(2)51(59(81)68-46(28-16-19-31-64)55(77)70-48(33-40-21-9-7-10-22-40)56(78)69-47(62(84)85)29-17-20-32-65)74-58(80)50(35-42-36-67-45-27-14-13-25-43(42)45)71-57(79)49(34-41-23-11-8-12-24-41)72-60(82)52(38(3)4)75-61(83)53(39(5)6)73-54(76)44(66)26-15-18-30-63/h7-14,21-25,27,36-39,44,46-53,67H,15-20,26,28-35,63-66H2,1-6H3,(H,68,81)(H,69,78)(H,70,77)(H,71,79)(H,72,82)(H,73,76)(H,74,80)(H,75,83)(H,84,85)/t44-,46-,47-,48-,49-,50-,51-,52-,53-/m0/s1. The number of benzene rings is 3. The summed E-state index contributed by atoms with van der Waals surface area (Å²) in [5.41, 5.74) is 26.0. The van der Waals surface area contributed by atoms with Gasteiger partial charge in [0.15, 0.2) is 0 Å². The molecule has 0 spiro atoms. The van der Waals surface area contributed by atoms with Crippen LogP contribution in [-0.4, -0.2) is 137 Å². The molecular weight excluding hydrogens is 1090 g/mol. The van der Waals surface area contributed by atoms with Crippen molar-refractivity contribution in [2.75, 3.05) is 19.6 Å². The molecule has 18 N–H and O–H groups in total. The van der Waals surface area contributed by atoms with Gasteiger partial charge in [-0.05, 0) is 112 Å². The van der Waals surface area contributed by atoms with E-state index in [0.717, 1.165) is 10.9 Å². The third-order valence-electron chi connectivity index (χ3n) is 14.8. The Bertz CT molecular complexity index is 2780. The van der Waals surface area contributed by atoms with Crippen LogP contribution in [0.3, 0.4) is 0 Å². The molecule has 0 saturated carbocycles. The van der Waals surface area contributed by atoms with E-state index in [1.807, 2.05) is 24.3 Å². The molecule has 3 aromatic carbocycles. The van der Waals surface area contributed by atoms with Crippen molar-refractivity contribution >= 4 is 64.1 Å². The van der Waals surface area contributed by atoms with Crippen LogP contribution in [0.5, 0.6) is 0 Å². The van der Waals surface area contributed by atoms with E-state index in [0.29, 0.717) is 74.7 Å². The van der Waals surface area contributed by atoms with Gasteiger partial charge in [0.05, 0.1) is 6.04 Å². The second-order valence-corrected chi connectivity index (χ2v) is 22.7. The number of carboxylic acid groups (broad SMARTS) is 1. The molecule has 466 valence electrons. The summed E-state index contributed by atoms with van der Waals surface area (Å²) in [7, 11) is 0. The molecule has 1 heterocycles. The Labute approximate surface area is 499 Å². The molecule has 0 aliphatic carbocycles. The third kappa shape index (κ3) is 23.0. The van der Waals surface area contributed by atoms with Crippen molar-refractivity contribution in [2.45, 2.75) is 173 Å². The minimum absolute atomic E-state index is 0.0116. The van der Waals surface area contributed by atoms with Gasteiger partial charge >= 0.3 is 5.97 Å². The first-order valence-corrected chi connectivity index (χ1v) is 29.7. The van der Waals surface area contributed by atoms with E-state index in [1.165, 1.54) is 0 Å². The van der Waals surface area contributed by atoms with Gasteiger partial charge in [-0.1, -0.05) is 127 Å². The van der Waals surface area contributed by atoms with E-state index >= 15 is 0 Å². The van der Waals surface area contributed by atoms with Crippen molar-refractivity contribution in [3.8, 4) is 0 Å². The molecule has 85 heavy (non-hydrogen) atoms. The number of carboxylic acids is 1. The predicted octanol–water partition coefficient (Wildman–Crippen LogP) is 1.84. The van der Waals surface area contributed by atoms with Crippen LogP contribution in [0.1, 0.15) is 116 Å².